The lowest BCUT2D eigenvalue weighted by molar-refractivity contribution is -0.122. The lowest BCUT2D eigenvalue weighted by atomic mass is 10.1. The Morgan fingerprint density at radius 2 is 1.86 bits per heavy atom. The minimum absolute atomic E-state index is 0.0124. The number of amides is 1. The molecule has 6 nitrogen and oxygen atoms in total. The van der Waals surface area contributed by atoms with E-state index in [1.807, 2.05) is 38.1 Å². The van der Waals surface area contributed by atoms with Crippen molar-refractivity contribution in [2.45, 2.75) is 52.6 Å². The first-order valence-corrected chi connectivity index (χ1v) is 13.8. The summed E-state index contributed by atoms with van der Waals surface area (Å²) in [7, 11) is 1.58. The zero-order valence-electron chi connectivity index (χ0n) is 21.4. The highest BCUT2D eigenvalue weighted by atomic mass is 35.5. The van der Waals surface area contributed by atoms with Gasteiger partial charge in [-0.3, -0.25) is 9.69 Å². The van der Waals surface area contributed by atoms with Crippen LogP contribution < -0.4 is 14.4 Å². The van der Waals surface area contributed by atoms with Gasteiger partial charge in [0.2, 0.25) is 0 Å². The zero-order chi connectivity index (χ0) is 25.7. The number of hydrogen-bond acceptors (Lipinski definition) is 6. The number of carbonyl (C=O) groups is 1. The van der Waals surface area contributed by atoms with Crippen LogP contribution in [0.1, 0.15) is 52.0 Å². The molecular formula is C28H34ClN3O3S. The Balaban J connectivity index is 1.56. The number of rotatable bonds is 8. The van der Waals surface area contributed by atoms with Gasteiger partial charge in [0.15, 0.2) is 16.7 Å². The summed E-state index contributed by atoms with van der Waals surface area (Å²) in [6, 6.07) is 11.9. The molecule has 2 aromatic carbocycles. The summed E-state index contributed by atoms with van der Waals surface area (Å²) in [5, 5.41) is 1.13. The molecule has 2 aliphatic heterocycles. The number of likely N-dealkylation sites (N-methyl/N-ethyl adjacent to an activating group) is 1. The lowest BCUT2D eigenvalue weighted by Gasteiger charge is -2.28. The second-order valence-corrected chi connectivity index (χ2v) is 10.4. The minimum Gasteiger partial charge on any atom is -0.493 e. The molecule has 0 saturated carbocycles. The highest BCUT2D eigenvalue weighted by Crippen LogP contribution is 2.40. The molecule has 0 N–H and O–H groups in total. The van der Waals surface area contributed by atoms with Gasteiger partial charge in [-0.05, 0) is 99.3 Å². The highest BCUT2D eigenvalue weighted by molar-refractivity contribution is 8.18. The van der Waals surface area contributed by atoms with Crippen LogP contribution in [0, 0.1) is 0 Å². The van der Waals surface area contributed by atoms with E-state index in [2.05, 4.69) is 24.0 Å². The molecule has 0 aliphatic carbocycles. The van der Waals surface area contributed by atoms with Crippen LogP contribution in [-0.4, -0.2) is 48.8 Å². The van der Waals surface area contributed by atoms with Crippen molar-refractivity contribution >= 4 is 51.9 Å². The number of carbonyl (C=O) groups excluding carboxylic acids is 1. The van der Waals surface area contributed by atoms with Crippen molar-refractivity contribution in [1.82, 2.24) is 4.90 Å². The molecule has 0 radical (unpaired) electrons. The smallest absolute Gasteiger partial charge is 0.266 e. The summed E-state index contributed by atoms with van der Waals surface area (Å²) in [5.41, 5.74) is 2.84. The predicted octanol–water partition coefficient (Wildman–Crippen LogP) is 7.14. The van der Waals surface area contributed by atoms with Crippen molar-refractivity contribution in [3.05, 3.63) is 51.9 Å². The van der Waals surface area contributed by atoms with Crippen molar-refractivity contribution in [2.75, 3.05) is 31.6 Å². The number of anilines is 1. The fourth-order valence-electron chi connectivity index (χ4n) is 4.24. The summed E-state index contributed by atoms with van der Waals surface area (Å²) in [6.07, 6.45) is 6.50. The molecule has 2 saturated heterocycles. The van der Waals surface area contributed by atoms with E-state index in [1.54, 1.807) is 18.1 Å². The van der Waals surface area contributed by atoms with Crippen molar-refractivity contribution in [3.63, 3.8) is 0 Å². The van der Waals surface area contributed by atoms with Gasteiger partial charge < -0.3 is 14.4 Å². The molecule has 0 aromatic heterocycles. The molecule has 2 aliphatic rings. The number of nitrogens with zero attached hydrogens (tertiary/aromatic N) is 3. The molecule has 0 unspecified atom stereocenters. The van der Waals surface area contributed by atoms with Crippen molar-refractivity contribution < 1.29 is 14.3 Å². The molecule has 8 heteroatoms. The van der Waals surface area contributed by atoms with Crippen LogP contribution in [-0.2, 0) is 4.79 Å². The molecule has 2 heterocycles. The first kappa shape index (κ1) is 26.4. The SMILES string of the molecule is CC[C@H](C)Oc1c(Cl)cc(/C=C2\SC(=Nc3ccc(N4CCCCC4)cc3)N(CC)C2=O)cc1OC. The van der Waals surface area contributed by atoms with E-state index in [0.29, 0.717) is 33.1 Å². The van der Waals surface area contributed by atoms with Crippen LogP contribution >= 0.6 is 23.4 Å². The van der Waals surface area contributed by atoms with Gasteiger partial charge in [-0.15, -0.1) is 0 Å². The normalized spacial score (nSPS) is 19.3. The number of hydrogen-bond donors (Lipinski definition) is 0. The topological polar surface area (TPSA) is 54.4 Å². The van der Waals surface area contributed by atoms with Gasteiger partial charge in [-0.1, -0.05) is 18.5 Å². The molecule has 192 valence electrons. The van der Waals surface area contributed by atoms with E-state index in [0.717, 1.165) is 30.8 Å². The number of thioether (sulfide) groups is 1. The number of piperidine rings is 1. The minimum atomic E-state index is -0.0683. The average molecular weight is 528 g/mol. The van der Waals surface area contributed by atoms with Crippen LogP contribution in [0.2, 0.25) is 5.02 Å². The van der Waals surface area contributed by atoms with Crippen molar-refractivity contribution in [3.8, 4) is 11.5 Å². The quantitative estimate of drug-likeness (QED) is 0.341. The van der Waals surface area contributed by atoms with E-state index < -0.39 is 0 Å². The number of halogens is 1. The second kappa shape index (κ2) is 12.1. The summed E-state index contributed by atoms with van der Waals surface area (Å²) in [4.78, 5) is 22.7. The summed E-state index contributed by atoms with van der Waals surface area (Å²) in [6.45, 7) is 8.75. The number of methoxy groups -OCH3 is 1. The first-order chi connectivity index (χ1) is 17.4. The maximum absolute atomic E-state index is 13.2. The molecular weight excluding hydrogens is 494 g/mol. The third kappa shape index (κ3) is 6.01. The monoisotopic (exact) mass is 527 g/mol. The van der Waals surface area contributed by atoms with E-state index in [9.17, 15) is 4.79 Å². The maximum Gasteiger partial charge on any atom is 0.266 e. The number of amidine groups is 1. The lowest BCUT2D eigenvalue weighted by Crippen LogP contribution is -2.29. The van der Waals surface area contributed by atoms with Gasteiger partial charge in [-0.25, -0.2) is 4.99 Å². The molecule has 0 bridgehead atoms. The standard InChI is InChI=1S/C28H34ClN3O3S/c1-5-19(3)35-26-23(29)16-20(17-24(26)34-4)18-25-27(33)32(6-2)28(36-25)30-21-10-12-22(13-11-21)31-14-8-7-9-15-31/h10-13,16-19H,5-9,14-15H2,1-4H3/b25-18-,30-28?/t19-/m0/s1. The molecule has 4 rings (SSSR count). The van der Waals surface area contributed by atoms with Crippen LogP contribution in [0.3, 0.4) is 0 Å². The Kier molecular flexibility index (Phi) is 8.86. The Labute approximate surface area is 223 Å². The molecule has 2 aromatic rings. The fourth-order valence-corrected chi connectivity index (χ4v) is 5.57. The van der Waals surface area contributed by atoms with E-state index >= 15 is 0 Å². The van der Waals surface area contributed by atoms with Gasteiger partial charge in [0.1, 0.15) is 0 Å². The van der Waals surface area contributed by atoms with Gasteiger partial charge in [0, 0.05) is 25.3 Å². The van der Waals surface area contributed by atoms with Crippen LogP contribution in [0.15, 0.2) is 46.3 Å². The molecule has 0 spiro atoms. The second-order valence-electron chi connectivity index (χ2n) is 8.99. The highest BCUT2D eigenvalue weighted by Gasteiger charge is 2.32. The van der Waals surface area contributed by atoms with Crippen molar-refractivity contribution in [2.24, 2.45) is 4.99 Å². The van der Waals surface area contributed by atoms with Crippen LogP contribution in [0.4, 0.5) is 11.4 Å². The molecule has 36 heavy (non-hydrogen) atoms. The largest absolute Gasteiger partial charge is 0.493 e. The van der Waals surface area contributed by atoms with E-state index in [-0.39, 0.29) is 12.0 Å². The van der Waals surface area contributed by atoms with E-state index in [4.69, 9.17) is 26.1 Å². The predicted molar refractivity (Wildman–Crippen MR) is 151 cm³/mol. The van der Waals surface area contributed by atoms with Gasteiger partial charge in [-0.2, -0.15) is 0 Å². The summed E-state index contributed by atoms with van der Waals surface area (Å²) in [5.74, 6) is 0.993. The van der Waals surface area contributed by atoms with Gasteiger partial charge in [0.25, 0.3) is 5.91 Å². The fraction of sp³-hybridized carbons (Fsp3) is 0.429. The molecule has 2 fully saturated rings. The van der Waals surface area contributed by atoms with Crippen LogP contribution in [0.25, 0.3) is 6.08 Å². The third-order valence-corrected chi connectivity index (χ3v) is 7.73. The maximum atomic E-state index is 13.2. The Morgan fingerprint density at radius 3 is 2.50 bits per heavy atom. The average Bonchev–Trinajstić information content (AvgIpc) is 3.19. The Morgan fingerprint density at radius 1 is 1.14 bits per heavy atom. The molecule has 1 amide bonds. The third-order valence-electron chi connectivity index (χ3n) is 6.44. The first-order valence-electron chi connectivity index (χ1n) is 12.6. The Bertz CT molecular complexity index is 1140. The number of benzene rings is 2. The Hall–Kier alpha value is -2.64. The summed E-state index contributed by atoms with van der Waals surface area (Å²) >= 11 is 7.91. The summed E-state index contributed by atoms with van der Waals surface area (Å²) < 4.78 is 11.5. The number of ether oxygens (including phenoxy) is 2. The van der Waals surface area contributed by atoms with E-state index in [1.165, 1.54) is 36.7 Å². The number of aliphatic imine (C=N–C) groups is 1. The van der Waals surface area contributed by atoms with Gasteiger partial charge in [0.05, 0.1) is 28.8 Å². The van der Waals surface area contributed by atoms with Crippen molar-refractivity contribution in [1.29, 1.82) is 0 Å². The van der Waals surface area contributed by atoms with Crippen LogP contribution in [0.5, 0.6) is 11.5 Å². The zero-order valence-corrected chi connectivity index (χ0v) is 23.0. The van der Waals surface area contributed by atoms with Gasteiger partial charge >= 0.3 is 0 Å². The molecule has 1 atom stereocenters.